The molecule has 3 aromatic rings. The van der Waals surface area contributed by atoms with Gasteiger partial charge in [0.1, 0.15) is 5.75 Å². The third kappa shape index (κ3) is 5.68. The number of thiophene rings is 1. The summed E-state index contributed by atoms with van der Waals surface area (Å²) in [5, 5.41) is 9.22. The van der Waals surface area contributed by atoms with Gasteiger partial charge >= 0.3 is 12.4 Å². The molecule has 4 heterocycles. The lowest BCUT2D eigenvalue weighted by Crippen LogP contribution is -2.57. The number of benzene rings is 2. The van der Waals surface area contributed by atoms with Crippen molar-refractivity contribution >= 4 is 44.7 Å². The second kappa shape index (κ2) is 9.38. The number of carbonyl (C=O) groups excluding carboxylic acids is 2. The van der Waals surface area contributed by atoms with Crippen molar-refractivity contribution in [1.29, 1.82) is 0 Å². The number of halogens is 3. The summed E-state index contributed by atoms with van der Waals surface area (Å²) >= 11 is 1.35. The molecule has 0 aliphatic carbocycles. The average Bonchev–Trinajstić information content (AvgIpc) is 3.22. The third-order valence-electron chi connectivity index (χ3n) is 6.30. The average molecular weight is 505 g/mol. The fourth-order valence-corrected chi connectivity index (χ4v) is 5.66. The molecule has 3 aliphatic rings. The predicted molar refractivity (Wildman–Crippen MR) is 128 cm³/mol. The van der Waals surface area contributed by atoms with Gasteiger partial charge < -0.3 is 25.6 Å². The molecule has 3 fully saturated rings. The smallest absolute Gasteiger partial charge is 0.406 e. The molecule has 35 heavy (non-hydrogen) atoms. The summed E-state index contributed by atoms with van der Waals surface area (Å²) in [6.07, 6.45) is -2.58. The van der Waals surface area contributed by atoms with Gasteiger partial charge in [0.15, 0.2) is 0 Å². The Kier molecular flexibility index (Phi) is 6.28. The van der Waals surface area contributed by atoms with Crippen LogP contribution in [0.25, 0.3) is 10.1 Å². The lowest BCUT2D eigenvalue weighted by Gasteiger charge is -2.44. The second-order valence-electron chi connectivity index (χ2n) is 8.74. The van der Waals surface area contributed by atoms with E-state index in [1.165, 1.54) is 23.5 Å². The molecule has 1 atom stereocenters. The van der Waals surface area contributed by atoms with Crippen molar-refractivity contribution in [3.05, 3.63) is 53.4 Å². The zero-order valence-electron chi connectivity index (χ0n) is 18.5. The van der Waals surface area contributed by atoms with Crippen molar-refractivity contribution in [1.82, 2.24) is 10.2 Å². The van der Waals surface area contributed by atoms with Crippen LogP contribution in [0.15, 0.2) is 48.5 Å². The number of alkyl halides is 3. The maximum atomic E-state index is 12.9. The van der Waals surface area contributed by atoms with E-state index in [1.807, 2.05) is 12.1 Å². The Morgan fingerprint density at radius 2 is 1.74 bits per heavy atom. The van der Waals surface area contributed by atoms with E-state index in [4.69, 9.17) is 0 Å². The summed E-state index contributed by atoms with van der Waals surface area (Å²) in [5.74, 6) is 0.0193. The van der Waals surface area contributed by atoms with Gasteiger partial charge in [0.05, 0.1) is 4.88 Å². The zero-order valence-corrected chi connectivity index (χ0v) is 19.3. The van der Waals surface area contributed by atoms with Gasteiger partial charge in [-0.25, -0.2) is 4.79 Å². The molecule has 3 aliphatic heterocycles. The van der Waals surface area contributed by atoms with Gasteiger partial charge in [-0.3, -0.25) is 4.79 Å². The Balaban J connectivity index is 1.22. The molecule has 11 heteroatoms. The fourth-order valence-electron chi connectivity index (χ4n) is 4.65. The summed E-state index contributed by atoms with van der Waals surface area (Å²) in [6, 6.07) is 11.7. The van der Waals surface area contributed by atoms with Crippen molar-refractivity contribution in [3.8, 4) is 5.75 Å². The topological polar surface area (TPSA) is 82.7 Å². The maximum Gasteiger partial charge on any atom is 0.573 e. The first kappa shape index (κ1) is 23.4. The van der Waals surface area contributed by atoms with E-state index in [1.54, 1.807) is 12.1 Å². The number of ether oxygens (including phenoxy) is 1. The number of carbonyl (C=O) groups is 2. The number of nitrogens with one attached hydrogen (secondary N) is 3. The first-order chi connectivity index (χ1) is 16.7. The summed E-state index contributed by atoms with van der Waals surface area (Å²) in [6.45, 7) is 3.11. The molecular weight excluding hydrogens is 481 g/mol. The van der Waals surface area contributed by atoms with E-state index in [0.717, 1.165) is 54.7 Å². The minimum atomic E-state index is -4.82. The van der Waals surface area contributed by atoms with Crippen LogP contribution in [-0.4, -0.2) is 48.9 Å². The number of anilines is 2. The van der Waals surface area contributed by atoms with Crippen molar-refractivity contribution in [3.63, 3.8) is 0 Å². The Bertz CT molecular complexity index is 1250. The van der Waals surface area contributed by atoms with Crippen LogP contribution in [0.4, 0.5) is 29.3 Å². The van der Waals surface area contributed by atoms with Gasteiger partial charge in [-0.1, -0.05) is 12.1 Å². The van der Waals surface area contributed by atoms with Crippen LogP contribution in [0.1, 0.15) is 22.5 Å². The lowest BCUT2D eigenvalue weighted by atomic mass is 9.84. The summed E-state index contributed by atoms with van der Waals surface area (Å²) in [4.78, 5) is 28.2. The summed E-state index contributed by atoms with van der Waals surface area (Å²) in [5.41, 5.74) is 0.636. The predicted octanol–water partition coefficient (Wildman–Crippen LogP) is 5.27. The third-order valence-corrected chi connectivity index (χ3v) is 7.40. The number of hydrogen-bond acceptors (Lipinski definition) is 5. The largest absolute Gasteiger partial charge is 0.573 e. The van der Waals surface area contributed by atoms with Crippen molar-refractivity contribution in [2.24, 2.45) is 5.92 Å². The molecule has 2 aromatic carbocycles. The molecule has 3 N–H and O–H groups in total. The second-order valence-corrected chi connectivity index (χ2v) is 9.82. The molecule has 3 saturated heterocycles. The first-order valence-electron chi connectivity index (χ1n) is 11.2. The van der Waals surface area contributed by atoms with Crippen LogP contribution in [0.3, 0.4) is 0 Å². The van der Waals surface area contributed by atoms with E-state index in [0.29, 0.717) is 16.5 Å². The highest BCUT2D eigenvalue weighted by molar-refractivity contribution is 7.20. The van der Waals surface area contributed by atoms with Crippen LogP contribution >= 0.6 is 11.3 Å². The number of nitrogens with zero attached hydrogens (tertiary/aromatic N) is 1. The highest BCUT2D eigenvalue weighted by Crippen LogP contribution is 2.31. The normalized spacial score (nSPS) is 21.5. The number of fused-ring (bicyclic) bond motifs is 4. The van der Waals surface area contributed by atoms with Gasteiger partial charge in [0, 0.05) is 34.7 Å². The molecule has 1 unspecified atom stereocenters. The Hall–Kier alpha value is -3.31. The van der Waals surface area contributed by atoms with E-state index in [9.17, 15) is 22.8 Å². The Morgan fingerprint density at radius 1 is 1.00 bits per heavy atom. The Morgan fingerprint density at radius 3 is 2.43 bits per heavy atom. The minimum absolute atomic E-state index is 0.0850. The van der Waals surface area contributed by atoms with E-state index in [-0.39, 0.29) is 17.6 Å². The molecule has 6 rings (SSSR count). The Labute approximate surface area is 203 Å². The number of urea groups is 1. The van der Waals surface area contributed by atoms with E-state index < -0.39 is 18.1 Å². The molecule has 0 radical (unpaired) electrons. The fraction of sp³-hybridized carbons (Fsp3) is 0.333. The number of hydrogen-bond donors (Lipinski definition) is 3. The first-order valence-corrected chi connectivity index (χ1v) is 12.0. The molecule has 0 spiro atoms. The molecule has 0 saturated carbocycles. The van der Waals surface area contributed by atoms with Crippen LogP contribution in [0.5, 0.6) is 5.75 Å². The monoisotopic (exact) mass is 504 g/mol. The number of piperidine rings is 3. The SMILES string of the molecule is O=C(Nc1cccc(OC(F)(F)F)c1)Nc1ccc2cc(C(=O)NC3CN4CCC3CC4)sc2c1. The van der Waals surface area contributed by atoms with Gasteiger partial charge in [-0.15, -0.1) is 24.5 Å². The van der Waals surface area contributed by atoms with Crippen molar-refractivity contribution in [2.45, 2.75) is 25.2 Å². The standard InChI is InChI=1S/C24H23F3N4O3S/c25-24(26,27)34-18-3-1-2-16(11-18)28-23(33)29-17-5-4-15-10-21(35-20(15)12-17)22(32)30-19-13-31-8-6-14(19)7-9-31/h1-5,10-12,14,19H,6-9,13H2,(H,30,32)(H2,28,29,33). The number of rotatable bonds is 5. The van der Waals surface area contributed by atoms with Crippen molar-refractivity contribution in [2.75, 3.05) is 30.3 Å². The van der Waals surface area contributed by atoms with Crippen molar-refractivity contribution < 1.29 is 27.5 Å². The highest BCUT2D eigenvalue weighted by atomic mass is 32.1. The summed E-state index contributed by atoms with van der Waals surface area (Å²) in [7, 11) is 0. The molecule has 7 nitrogen and oxygen atoms in total. The summed E-state index contributed by atoms with van der Waals surface area (Å²) < 4.78 is 41.9. The molecule has 3 amide bonds. The van der Waals surface area contributed by atoms with Gasteiger partial charge in [0.2, 0.25) is 0 Å². The molecule has 184 valence electrons. The zero-order chi connectivity index (χ0) is 24.6. The van der Waals surface area contributed by atoms with E-state index in [2.05, 4.69) is 25.6 Å². The maximum absolute atomic E-state index is 12.9. The minimum Gasteiger partial charge on any atom is -0.406 e. The van der Waals surface area contributed by atoms with Gasteiger partial charge in [-0.05, 0) is 67.6 Å². The quantitative estimate of drug-likeness (QED) is 0.442. The van der Waals surface area contributed by atoms with Crippen LogP contribution in [-0.2, 0) is 0 Å². The molecular formula is C24H23F3N4O3S. The lowest BCUT2D eigenvalue weighted by molar-refractivity contribution is -0.274. The van der Waals surface area contributed by atoms with E-state index >= 15 is 0 Å². The molecule has 2 bridgehead atoms. The van der Waals surface area contributed by atoms with Crippen LogP contribution in [0.2, 0.25) is 0 Å². The van der Waals surface area contributed by atoms with Crippen LogP contribution in [0, 0.1) is 5.92 Å². The van der Waals surface area contributed by atoms with Gasteiger partial charge in [-0.2, -0.15) is 0 Å². The molecule has 1 aromatic heterocycles. The number of amides is 3. The van der Waals surface area contributed by atoms with Gasteiger partial charge in [0.25, 0.3) is 5.91 Å². The highest BCUT2D eigenvalue weighted by Gasteiger charge is 2.35. The van der Waals surface area contributed by atoms with Crippen LogP contribution < -0.4 is 20.7 Å².